The minimum atomic E-state index is -0.147. The lowest BCUT2D eigenvalue weighted by Crippen LogP contribution is -2.14. The third kappa shape index (κ3) is 5.17. The van der Waals surface area contributed by atoms with E-state index in [2.05, 4.69) is 15.6 Å². The number of thiazole rings is 1. The Morgan fingerprint density at radius 1 is 1.07 bits per heavy atom. The first-order valence-electron chi connectivity index (χ1n) is 8.89. The lowest BCUT2D eigenvalue weighted by Gasteiger charge is -2.07. The summed E-state index contributed by atoms with van der Waals surface area (Å²) in [5, 5.41) is 7.98. The highest BCUT2D eigenvalue weighted by Gasteiger charge is 2.12. The molecule has 0 bridgehead atoms. The fourth-order valence-corrected chi connectivity index (χ4v) is 3.40. The van der Waals surface area contributed by atoms with Crippen LogP contribution < -0.4 is 15.4 Å². The van der Waals surface area contributed by atoms with Crippen LogP contribution >= 0.6 is 11.3 Å². The Hall–Kier alpha value is -3.19. The molecule has 0 aliphatic rings. The van der Waals surface area contributed by atoms with Crippen molar-refractivity contribution in [3.05, 3.63) is 59.5 Å². The van der Waals surface area contributed by atoms with E-state index in [4.69, 9.17) is 4.74 Å². The Morgan fingerprint density at radius 2 is 1.82 bits per heavy atom. The summed E-state index contributed by atoms with van der Waals surface area (Å²) in [4.78, 5) is 27.9. The molecule has 0 saturated carbocycles. The van der Waals surface area contributed by atoms with Crippen molar-refractivity contribution >= 4 is 34.0 Å². The van der Waals surface area contributed by atoms with Crippen LogP contribution in [0.5, 0.6) is 5.75 Å². The lowest BCUT2D eigenvalue weighted by molar-refractivity contribution is -0.116. The first-order chi connectivity index (χ1) is 13.5. The fourth-order valence-electron chi connectivity index (χ4n) is 2.67. The fraction of sp³-hybridized carbons (Fsp3) is 0.190. The van der Waals surface area contributed by atoms with Crippen LogP contribution in [0.25, 0.3) is 11.3 Å². The third-order valence-corrected chi connectivity index (χ3v) is 4.61. The van der Waals surface area contributed by atoms with Crippen molar-refractivity contribution in [2.45, 2.75) is 20.3 Å². The van der Waals surface area contributed by atoms with Crippen molar-refractivity contribution < 1.29 is 14.3 Å². The Balaban J connectivity index is 1.63. The molecule has 3 aromatic rings. The summed E-state index contributed by atoms with van der Waals surface area (Å²) < 4.78 is 5.65. The predicted molar refractivity (Wildman–Crippen MR) is 112 cm³/mol. The van der Waals surface area contributed by atoms with Gasteiger partial charge in [0.15, 0.2) is 5.13 Å². The van der Waals surface area contributed by atoms with E-state index in [0.717, 1.165) is 22.6 Å². The van der Waals surface area contributed by atoms with Crippen LogP contribution in [0.1, 0.15) is 19.4 Å². The van der Waals surface area contributed by atoms with E-state index in [1.54, 1.807) is 12.1 Å². The number of rotatable bonds is 7. The maximum atomic E-state index is 12.3. The molecule has 0 saturated heterocycles. The standard InChI is InChI=1S/C21H21N3O3S/c1-3-27-19-7-5-4-6-17(19)18-13-28-21(23-18)24-20(26)12-15-8-10-16(11-9-15)22-14(2)25/h4-11,13H,3,12H2,1-2H3,(H,22,25)(H,23,24,26). The van der Waals surface area contributed by atoms with Gasteiger partial charge in [0.2, 0.25) is 11.8 Å². The summed E-state index contributed by atoms with van der Waals surface area (Å²) in [6.45, 7) is 3.97. The van der Waals surface area contributed by atoms with Crippen LogP contribution in [-0.2, 0) is 16.0 Å². The summed E-state index contributed by atoms with van der Waals surface area (Å²) >= 11 is 1.37. The third-order valence-electron chi connectivity index (χ3n) is 3.85. The zero-order valence-electron chi connectivity index (χ0n) is 15.7. The van der Waals surface area contributed by atoms with Gasteiger partial charge >= 0.3 is 0 Å². The predicted octanol–water partition coefficient (Wildman–Crippen LogP) is 4.35. The number of nitrogens with one attached hydrogen (secondary N) is 2. The van der Waals surface area contributed by atoms with Crippen LogP contribution in [-0.4, -0.2) is 23.4 Å². The van der Waals surface area contributed by atoms with Crippen molar-refractivity contribution in [2.75, 3.05) is 17.2 Å². The molecule has 0 aliphatic heterocycles. The van der Waals surface area contributed by atoms with Crippen molar-refractivity contribution in [2.24, 2.45) is 0 Å². The molecule has 3 rings (SSSR count). The smallest absolute Gasteiger partial charge is 0.230 e. The molecule has 1 aromatic heterocycles. The molecule has 1 heterocycles. The molecular weight excluding hydrogens is 374 g/mol. The minimum absolute atomic E-state index is 0.129. The number of anilines is 2. The summed E-state index contributed by atoms with van der Waals surface area (Å²) in [5.74, 6) is 0.495. The highest BCUT2D eigenvalue weighted by atomic mass is 32.1. The Labute approximate surface area is 167 Å². The molecule has 2 aromatic carbocycles. The molecule has 144 valence electrons. The monoisotopic (exact) mass is 395 g/mol. The number of hydrogen-bond acceptors (Lipinski definition) is 5. The molecule has 7 heteroatoms. The molecule has 2 N–H and O–H groups in total. The van der Waals surface area contributed by atoms with E-state index in [1.165, 1.54) is 18.3 Å². The number of amides is 2. The van der Waals surface area contributed by atoms with Crippen LogP contribution in [0, 0.1) is 0 Å². The Morgan fingerprint density at radius 3 is 2.54 bits per heavy atom. The van der Waals surface area contributed by atoms with Gasteiger partial charge < -0.3 is 15.4 Å². The molecule has 0 radical (unpaired) electrons. The second kappa shape index (κ2) is 9.14. The van der Waals surface area contributed by atoms with Crippen LogP contribution in [0.3, 0.4) is 0 Å². The summed E-state index contributed by atoms with van der Waals surface area (Å²) in [7, 11) is 0. The van der Waals surface area contributed by atoms with Crippen LogP contribution in [0.4, 0.5) is 10.8 Å². The van der Waals surface area contributed by atoms with Gasteiger partial charge in [-0.15, -0.1) is 11.3 Å². The van der Waals surface area contributed by atoms with Gasteiger partial charge in [-0.1, -0.05) is 24.3 Å². The average molecular weight is 395 g/mol. The number of hydrogen-bond donors (Lipinski definition) is 2. The molecule has 0 aliphatic carbocycles. The number of benzene rings is 2. The molecular formula is C21H21N3O3S. The first kappa shape index (κ1) is 19.6. The highest BCUT2D eigenvalue weighted by molar-refractivity contribution is 7.14. The maximum absolute atomic E-state index is 12.3. The van der Waals surface area contributed by atoms with Gasteiger partial charge in [-0.2, -0.15) is 0 Å². The quantitative estimate of drug-likeness (QED) is 0.623. The van der Waals surface area contributed by atoms with Crippen molar-refractivity contribution in [3.8, 4) is 17.0 Å². The number of carbonyl (C=O) groups is 2. The van der Waals surface area contributed by atoms with Crippen LogP contribution in [0.15, 0.2) is 53.9 Å². The molecule has 28 heavy (non-hydrogen) atoms. The number of aromatic nitrogens is 1. The molecule has 6 nitrogen and oxygen atoms in total. The second-order valence-electron chi connectivity index (χ2n) is 6.07. The van der Waals surface area contributed by atoms with Gasteiger partial charge in [0.1, 0.15) is 5.75 Å². The number of para-hydroxylation sites is 1. The van der Waals surface area contributed by atoms with E-state index in [-0.39, 0.29) is 18.2 Å². The second-order valence-corrected chi connectivity index (χ2v) is 6.93. The van der Waals surface area contributed by atoms with E-state index in [0.29, 0.717) is 17.4 Å². The van der Waals surface area contributed by atoms with Gasteiger partial charge in [-0.25, -0.2) is 4.98 Å². The number of nitrogens with zero attached hydrogens (tertiary/aromatic N) is 1. The van der Waals surface area contributed by atoms with Gasteiger partial charge in [0, 0.05) is 23.6 Å². The van der Waals surface area contributed by atoms with Crippen LogP contribution in [0.2, 0.25) is 0 Å². The van der Waals surface area contributed by atoms with E-state index in [9.17, 15) is 9.59 Å². The Kier molecular flexibility index (Phi) is 6.39. The number of carbonyl (C=O) groups excluding carboxylic acids is 2. The van der Waals surface area contributed by atoms with Gasteiger partial charge in [-0.3, -0.25) is 9.59 Å². The normalized spacial score (nSPS) is 10.4. The first-order valence-corrected chi connectivity index (χ1v) is 9.77. The molecule has 0 spiro atoms. The minimum Gasteiger partial charge on any atom is -0.493 e. The molecule has 0 atom stereocenters. The van der Waals surface area contributed by atoms with Gasteiger partial charge in [0.25, 0.3) is 0 Å². The van der Waals surface area contributed by atoms with Crippen molar-refractivity contribution in [1.82, 2.24) is 4.98 Å². The van der Waals surface area contributed by atoms with E-state index < -0.39 is 0 Å². The van der Waals surface area contributed by atoms with Gasteiger partial charge in [-0.05, 0) is 36.8 Å². The maximum Gasteiger partial charge on any atom is 0.230 e. The largest absolute Gasteiger partial charge is 0.493 e. The molecule has 0 unspecified atom stereocenters. The summed E-state index contributed by atoms with van der Waals surface area (Å²) in [6, 6.07) is 14.9. The SMILES string of the molecule is CCOc1ccccc1-c1csc(NC(=O)Cc2ccc(NC(C)=O)cc2)n1. The summed E-state index contributed by atoms with van der Waals surface area (Å²) in [6.07, 6.45) is 0.227. The number of ether oxygens (including phenoxy) is 1. The van der Waals surface area contributed by atoms with Crippen molar-refractivity contribution in [3.63, 3.8) is 0 Å². The lowest BCUT2D eigenvalue weighted by atomic mass is 10.1. The highest BCUT2D eigenvalue weighted by Crippen LogP contribution is 2.32. The Bertz CT molecular complexity index is 967. The zero-order chi connectivity index (χ0) is 19.9. The van der Waals surface area contributed by atoms with Gasteiger partial charge in [0.05, 0.1) is 18.7 Å². The average Bonchev–Trinajstić information content (AvgIpc) is 3.12. The topological polar surface area (TPSA) is 80.3 Å². The van der Waals surface area contributed by atoms with E-state index in [1.807, 2.05) is 48.7 Å². The summed E-state index contributed by atoms with van der Waals surface area (Å²) in [5.41, 5.74) is 3.22. The molecule has 0 fully saturated rings. The van der Waals surface area contributed by atoms with Crippen molar-refractivity contribution in [1.29, 1.82) is 0 Å². The zero-order valence-corrected chi connectivity index (χ0v) is 16.5. The van der Waals surface area contributed by atoms with E-state index >= 15 is 0 Å². The molecule has 2 amide bonds.